The molecule has 0 spiro atoms. The zero-order chi connectivity index (χ0) is 25.0. The number of thioether (sulfide) groups is 1. The van der Waals surface area contributed by atoms with Crippen molar-refractivity contribution in [2.75, 3.05) is 12.3 Å². The monoisotopic (exact) mass is 492 g/mol. The summed E-state index contributed by atoms with van der Waals surface area (Å²) in [7, 11) is 0. The predicted octanol–water partition coefficient (Wildman–Crippen LogP) is 5.53. The van der Waals surface area contributed by atoms with E-state index >= 15 is 0 Å². The number of carbonyl (C=O) groups is 2. The largest absolute Gasteiger partial charge is 0.354 e. The summed E-state index contributed by atoms with van der Waals surface area (Å²) in [6.07, 6.45) is 1.26. The molecule has 0 radical (unpaired) electrons. The summed E-state index contributed by atoms with van der Waals surface area (Å²) in [5, 5.41) is 3.00. The van der Waals surface area contributed by atoms with Crippen LogP contribution in [0, 0.1) is 12.7 Å². The van der Waals surface area contributed by atoms with Gasteiger partial charge in [-0.25, -0.2) is 4.39 Å². The second-order valence-corrected chi connectivity index (χ2v) is 9.55. The highest BCUT2D eigenvalue weighted by Crippen LogP contribution is 2.20. The summed E-state index contributed by atoms with van der Waals surface area (Å²) in [6.45, 7) is 4.95. The Balaban J connectivity index is 1.83. The third-order valence-corrected chi connectivity index (χ3v) is 6.82. The van der Waals surface area contributed by atoms with Gasteiger partial charge in [-0.2, -0.15) is 0 Å². The Morgan fingerprint density at radius 3 is 2.31 bits per heavy atom. The molecule has 0 aliphatic rings. The fourth-order valence-electron chi connectivity index (χ4n) is 3.81. The van der Waals surface area contributed by atoms with E-state index in [2.05, 4.69) is 5.32 Å². The molecule has 2 amide bonds. The number of hydrogen-bond acceptors (Lipinski definition) is 3. The molecule has 3 aromatic carbocycles. The second-order valence-electron chi connectivity index (χ2n) is 8.56. The number of aryl methyl sites for hydroxylation is 1. The first-order chi connectivity index (χ1) is 17.0. The van der Waals surface area contributed by atoms with Gasteiger partial charge in [0.25, 0.3) is 0 Å². The molecule has 0 aliphatic carbocycles. The Bertz CT molecular complexity index is 1090. The van der Waals surface area contributed by atoms with Gasteiger partial charge in [-0.15, -0.1) is 11.8 Å². The van der Waals surface area contributed by atoms with E-state index in [0.717, 1.165) is 28.7 Å². The average molecular weight is 493 g/mol. The zero-order valence-corrected chi connectivity index (χ0v) is 21.2. The van der Waals surface area contributed by atoms with Gasteiger partial charge in [0, 0.05) is 25.3 Å². The van der Waals surface area contributed by atoms with Crippen LogP contribution in [-0.4, -0.2) is 35.1 Å². The van der Waals surface area contributed by atoms with Gasteiger partial charge >= 0.3 is 0 Å². The van der Waals surface area contributed by atoms with Crippen LogP contribution in [0.15, 0.2) is 78.9 Å². The highest BCUT2D eigenvalue weighted by Gasteiger charge is 2.30. The Kier molecular flexibility index (Phi) is 10.4. The van der Waals surface area contributed by atoms with E-state index in [4.69, 9.17) is 0 Å². The quantitative estimate of drug-likeness (QED) is 0.362. The minimum absolute atomic E-state index is 0.0899. The van der Waals surface area contributed by atoms with Crippen LogP contribution in [-0.2, 0) is 28.3 Å². The molecule has 3 aromatic rings. The summed E-state index contributed by atoms with van der Waals surface area (Å²) >= 11 is 1.47. The Hall–Kier alpha value is -3.12. The van der Waals surface area contributed by atoms with E-state index in [-0.39, 0.29) is 23.4 Å². The second kappa shape index (κ2) is 13.7. The van der Waals surface area contributed by atoms with Crippen molar-refractivity contribution in [3.05, 3.63) is 107 Å². The van der Waals surface area contributed by atoms with Crippen molar-refractivity contribution in [1.82, 2.24) is 10.2 Å². The smallest absolute Gasteiger partial charge is 0.243 e. The highest BCUT2D eigenvalue weighted by atomic mass is 32.2. The molecule has 3 rings (SSSR count). The number of rotatable bonds is 12. The van der Waals surface area contributed by atoms with Crippen LogP contribution in [0.5, 0.6) is 0 Å². The molecule has 1 unspecified atom stereocenters. The SMILES string of the molecule is CCCNC(=O)C(Cc1ccccc1)N(Cc1ccccc1C)C(=O)CSCc1ccc(F)cc1. The number of nitrogens with zero attached hydrogens (tertiary/aromatic N) is 1. The first kappa shape index (κ1) is 26.5. The van der Waals surface area contributed by atoms with Crippen molar-refractivity contribution in [2.45, 2.75) is 45.0 Å². The Morgan fingerprint density at radius 2 is 1.63 bits per heavy atom. The lowest BCUT2D eigenvalue weighted by atomic mass is 10.0. The van der Waals surface area contributed by atoms with E-state index in [1.54, 1.807) is 17.0 Å². The first-order valence-electron chi connectivity index (χ1n) is 12.0. The fraction of sp³-hybridized carbons (Fsp3) is 0.310. The van der Waals surface area contributed by atoms with E-state index in [0.29, 0.717) is 25.3 Å². The van der Waals surface area contributed by atoms with Crippen molar-refractivity contribution in [2.24, 2.45) is 0 Å². The summed E-state index contributed by atoms with van der Waals surface area (Å²) < 4.78 is 13.2. The number of amides is 2. The molecule has 1 N–H and O–H groups in total. The number of hydrogen-bond donors (Lipinski definition) is 1. The average Bonchev–Trinajstić information content (AvgIpc) is 2.87. The zero-order valence-electron chi connectivity index (χ0n) is 20.4. The van der Waals surface area contributed by atoms with E-state index in [1.165, 1.54) is 23.9 Å². The van der Waals surface area contributed by atoms with Crippen LogP contribution in [0.1, 0.15) is 35.6 Å². The van der Waals surface area contributed by atoms with Crippen molar-refractivity contribution in [3.63, 3.8) is 0 Å². The maximum Gasteiger partial charge on any atom is 0.243 e. The van der Waals surface area contributed by atoms with E-state index in [9.17, 15) is 14.0 Å². The van der Waals surface area contributed by atoms with Crippen LogP contribution in [0.2, 0.25) is 0 Å². The summed E-state index contributed by atoms with van der Waals surface area (Å²) in [5.41, 5.74) is 4.06. The third-order valence-electron chi connectivity index (χ3n) is 5.83. The number of carbonyl (C=O) groups excluding carboxylic acids is 2. The number of halogens is 1. The molecular weight excluding hydrogens is 459 g/mol. The van der Waals surface area contributed by atoms with Crippen LogP contribution in [0.3, 0.4) is 0 Å². The third kappa shape index (κ3) is 8.25. The minimum Gasteiger partial charge on any atom is -0.354 e. The van der Waals surface area contributed by atoms with E-state index in [1.807, 2.05) is 68.4 Å². The molecule has 0 saturated carbocycles. The number of benzene rings is 3. The van der Waals surface area contributed by atoms with Gasteiger partial charge in [0.15, 0.2) is 0 Å². The molecule has 6 heteroatoms. The summed E-state index contributed by atoms with van der Waals surface area (Å²) in [6, 6.07) is 23.5. The Morgan fingerprint density at radius 1 is 0.943 bits per heavy atom. The topological polar surface area (TPSA) is 49.4 Å². The molecule has 0 heterocycles. The van der Waals surface area contributed by atoms with Crippen LogP contribution < -0.4 is 5.32 Å². The number of nitrogens with one attached hydrogen (secondary N) is 1. The van der Waals surface area contributed by atoms with Crippen molar-refractivity contribution in [3.8, 4) is 0 Å². The summed E-state index contributed by atoms with van der Waals surface area (Å²) in [4.78, 5) is 28.6. The molecule has 4 nitrogen and oxygen atoms in total. The first-order valence-corrected chi connectivity index (χ1v) is 13.1. The normalized spacial score (nSPS) is 11.6. The van der Waals surface area contributed by atoms with Gasteiger partial charge in [-0.05, 0) is 47.7 Å². The van der Waals surface area contributed by atoms with Gasteiger partial charge < -0.3 is 10.2 Å². The van der Waals surface area contributed by atoms with Gasteiger partial charge in [0.1, 0.15) is 11.9 Å². The molecule has 184 valence electrons. The fourth-order valence-corrected chi connectivity index (χ4v) is 4.68. The predicted molar refractivity (Wildman–Crippen MR) is 142 cm³/mol. The molecule has 0 aliphatic heterocycles. The van der Waals surface area contributed by atoms with Crippen LogP contribution in [0.4, 0.5) is 4.39 Å². The maximum atomic E-state index is 13.6. The highest BCUT2D eigenvalue weighted by molar-refractivity contribution is 7.99. The van der Waals surface area contributed by atoms with Gasteiger partial charge in [0.05, 0.1) is 5.75 Å². The molecule has 0 saturated heterocycles. The van der Waals surface area contributed by atoms with Gasteiger partial charge in [-0.3, -0.25) is 9.59 Å². The lowest BCUT2D eigenvalue weighted by Gasteiger charge is -2.32. The summed E-state index contributed by atoms with van der Waals surface area (Å²) in [5.74, 6) is 0.320. The van der Waals surface area contributed by atoms with Crippen molar-refractivity contribution in [1.29, 1.82) is 0 Å². The van der Waals surface area contributed by atoms with Crippen LogP contribution >= 0.6 is 11.8 Å². The van der Waals surface area contributed by atoms with Gasteiger partial charge in [0.2, 0.25) is 11.8 Å². The van der Waals surface area contributed by atoms with Crippen LogP contribution in [0.25, 0.3) is 0 Å². The molecular formula is C29H33FN2O2S. The molecule has 0 fully saturated rings. The molecule has 0 bridgehead atoms. The minimum atomic E-state index is -0.623. The molecule has 1 atom stereocenters. The molecule has 0 aromatic heterocycles. The van der Waals surface area contributed by atoms with Crippen molar-refractivity contribution >= 4 is 23.6 Å². The lowest BCUT2D eigenvalue weighted by Crippen LogP contribution is -2.51. The Labute approximate surface area is 211 Å². The maximum absolute atomic E-state index is 13.6. The molecule has 35 heavy (non-hydrogen) atoms. The lowest BCUT2D eigenvalue weighted by molar-refractivity contribution is -0.139. The van der Waals surface area contributed by atoms with E-state index < -0.39 is 6.04 Å². The van der Waals surface area contributed by atoms with Crippen molar-refractivity contribution < 1.29 is 14.0 Å². The standard InChI is InChI=1S/C29H33FN2O2S/c1-3-17-31-29(34)27(18-23-10-5-4-6-11-23)32(19-25-12-8-7-9-22(25)2)28(33)21-35-20-24-13-15-26(30)16-14-24/h4-16,27H,3,17-21H2,1-2H3,(H,31,34). The van der Waals surface area contributed by atoms with Gasteiger partial charge in [-0.1, -0.05) is 73.7 Å².